The molecule has 0 atom stereocenters. The van der Waals surface area contributed by atoms with E-state index in [0.717, 1.165) is 18.8 Å². The second kappa shape index (κ2) is 4.97. The number of rotatable bonds is 5. The van der Waals surface area contributed by atoms with E-state index in [2.05, 4.69) is 23.4 Å². The number of aromatic nitrogens is 2. The molecule has 0 radical (unpaired) electrons. The van der Waals surface area contributed by atoms with Crippen molar-refractivity contribution in [2.75, 3.05) is 6.54 Å². The molecule has 1 aliphatic rings. The summed E-state index contributed by atoms with van der Waals surface area (Å²) in [5.74, 6) is 0. The molecule has 1 aliphatic carbocycles. The quantitative estimate of drug-likeness (QED) is 0.788. The van der Waals surface area contributed by atoms with E-state index < -0.39 is 0 Å². The van der Waals surface area contributed by atoms with Crippen LogP contribution in [-0.4, -0.2) is 21.6 Å². The lowest BCUT2D eigenvalue weighted by atomic mass is 10.0. The summed E-state index contributed by atoms with van der Waals surface area (Å²) >= 11 is 0. The zero-order valence-corrected chi connectivity index (χ0v) is 10.1. The number of imidazole rings is 1. The van der Waals surface area contributed by atoms with Crippen molar-refractivity contribution < 1.29 is 0 Å². The summed E-state index contributed by atoms with van der Waals surface area (Å²) in [5, 5.41) is 3.62. The van der Waals surface area contributed by atoms with Crippen LogP contribution in [0.15, 0.2) is 12.5 Å². The van der Waals surface area contributed by atoms with Crippen LogP contribution >= 0.6 is 0 Å². The Morgan fingerprint density at radius 2 is 2.25 bits per heavy atom. The van der Waals surface area contributed by atoms with Crippen molar-refractivity contribution in [3.63, 3.8) is 0 Å². The van der Waals surface area contributed by atoms with Gasteiger partial charge >= 0.3 is 0 Å². The van der Waals surface area contributed by atoms with Gasteiger partial charge in [0, 0.05) is 31.4 Å². The zero-order valence-electron chi connectivity index (χ0n) is 10.1. The maximum absolute atomic E-state index is 5.50. The normalized spacial score (nSPS) is 19.1. The first kappa shape index (κ1) is 11.6. The van der Waals surface area contributed by atoms with Crippen LogP contribution in [0.3, 0.4) is 0 Å². The minimum Gasteiger partial charge on any atom is -0.336 e. The average Bonchev–Trinajstić information content (AvgIpc) is 2.86. The molecular formula is C12H22N4. The van der Waals surface area contributed by atoms with Crippen LogP contribution < -0.4 is 11.1 Å². The maximum Gasteiger partial charge on any atom is 0.0950 e. The molecule has 2 rings (SSSR count). The van der Waals surface area contributed by atoms with Crippen molar-refractivity contribution in [2.45, 2.75) is 51.2 Å². The number of hydrogen-bond acceptors (Lipinski definition) is 3. The molecule has 0 amide bonds. The molecule has 0 aromatic carbocycles. The van der Waals surface area contributed by atoms with Gasteiger partial charge in [0.1, 0.15) is 0 Å². The van der Waals surface area contributed by atoms with E-state index in [1.54, 1.807) is 0 Å². The molecule has 1 saturated carbocycles. The summed E-state index contributed by atoms with van der Waals surface area (Å²) in [6, 6.07) is 0. The Kier molecular flexibility index (Phi) is 3.61. The first-order chi connectivity index (χ1) is 7.72. The fraction of sp³-hybridized carbons (Fsp3) is 0.750. The number of nitrogens with two attached hydrogens (primary N) is 1. The number of nitrogens with zero attached hydrogens (tertiary/aromatic N) is 2. The summed E-state index contributed by atoms with van der Waals surface area (Å²) in [5.41, 5.74) is 6.94. The first-order valence-electron chi connectivity index (χ1n) is 6.18. The zero-order chi connectivity index (χ0) is 11.4. The van der Waals surface area contributed by atoms with Gasteiger partial charge in [-0.1, -0.05) is 12.8 Å². The number of nitrogens with one attached hydrogen (secondary N) is 1. The predicted octanol–water partition coefficient (Wildman–Crippen LogP) is 1.26. The molecule has 4 heteroatoms. The molecule has 0 bridgehead atoms. The van der Waals surface area contributed by atoms with Gasteiger partial charge in [-0.3, -0.25) is 0 Å². The molecule has 1 aromatic rings. The highest BCUT2D eigenvalue weighted by Gasteiger charge is 2.27. The lowest BCUT2D eigenvalue weighted by Gasteiger charge is -2.24. The minimum atomic E-state index is 0.331. The molecule has 0 unspecified atom stereocenters. The third-order valence-electron chi connectivity index (χ3n) is 3.48. The first-order valence-corrected chi connectivity index (χ1v) is 6.18. The van der Waals surface area contributed by atoms with Crippen LogP contribution in [0.1, 0.15) is 38.3 Å². The molecule has 0 spiro atoms. The van der Waals surface area contributed by atoms with Crippen molar-refractivity contribution in [1.29, 1.82) is 0 Å². The highest BCUT2D eigenvalue weighted by molar-refractivity contribution is 4.99. The van der Waals surface area contributed by atoms with Gasteiger partial charge in [-0.25, -0.2) is 4.98 Å². The van der Waals surface area contributed by atoms with Gasteiger partial charge < -0.3 is 15.6 Å². The molecule has 3 N–H and O–H groups in total. The Hall–Kier alpha value is -0.870. The van der Waals surface area contributed by atoms with Crippen LogP contribution in [0.25, 0.3) is 0 Å². The van der Waals surface area contributed by atoms with E-state index in [0.29, 0.717) is 12.1 Å². The van der Waals surface area contributed by atoms with Crippen molar-refractivity contribution in [3.8, 4) is 0 Å². The van der Waals surface area contributed by atoms with Gasteiger partial charge in [0.05, 0.1) is 12.0 Å². The van der Waals surface area contributed by atoms with E-state index in [9.17, 15) is 0 Å². The lowest BCUT2D eigenvalue weighted by molar-refractivity contribution is 0.361. The van der Waals surface area contributed by atoms with Gasteiger partial charge in [-0.2, -0.15) is 0 Å². The van der Waals surface area contributed by atoms with Gasteiger partial charge in [-0.15, -0.1) is 0 Å². The molecule has 0 aliphatic heterocycles. The second-order valence-corrected chi connectivity index (χ2v) is 5.01. The van der Waals surface area contributed by atoms with Crippen molar-refractivity contribution >= 4 is 0 Å². The highest BCUT2D eigenvalue weighted by Crippen LogP contribution is 2.28. The molecule has 16 heavy (non-hydrogen) atoms. The summed E-state index contributed by atoms with van der Waals surface area (Å²) in [6.45, 7) is 4.70. The molecular weight excluding hydrogens is 200 g/mol. The van der Waals surface area contributed by atoms with E-state index >= 15 is 0 Å². The van der Waals surface area contributed by atoms with Crippen LogP contribution in [-0.2, 0) is 13.1 Å². The summed E-state index contributed by atoms with van der Waals surface area (Å²) < 4.78 is 2.05. The predicted molar refractivity (Wildman–Crippen MR) is 65.0 cm³/mol. The molecule has 1 heterocycles. The Labute approximate surface area is 97.2 Å². The van der Waals surface area contributed by atoms with E-state index in [4.69, 9.17) is 5.73 Å². The molecule has 4 nitrogen and oxygen atoms in total. The van der Waals surface area contributed by atoms with Crippen molar-refractivity contribution in [3.05, 3.63) is 18.2 Å². The Morgan fingerprint density at radius 1 is 1.50 bits per heavy atom. The standard InChI is InChI=1S/C12H22N4/c1-12(4-2-3-5-12)15-8-11-9-16(7-6-13)10-14-11/h9-10,15H,2-8,13H2,1H3. The largest absolute Gasteiger partial charge is 0.336 e. The average molecular weight is 222 g/mol. The highest BCUT2D eigenvalue weighted by atomic mass is 15.1. The van der Waals surface area contributed by atoms with Gasteiger partial charge in [0.25, 0.3) is 0 Å². The molecule has 90 valence electrons. The van der Waals surface area contributed by atoms with Crippen LogP contribution in [0.5, 0.6) is 0 Å². The Bertz CT molecular complexity index is 326. The Morgan fingerprint density at radius 3 is 2.94 bits per heavy atom. The third-order valence-corrected chi connectivity index (χ3v) is 3.48. The van der Waals surface area contributed by atoms with Crippen LogP contribution in [0.4, 0.5) is 0 Å². The van der Waals surface area contributed by atoms with Crippen LogP contribution in [0, 0.1) is 0 Å². The van der Waals surface area contributed by atoms with Crippen LogP contribution in [0.2, 0.25) is 0 Å². The lowest BCUT2D eigenvalue weighted by Crippen LogP contribution is -2.38. The fourth-order valence-corrected chi connectivity index (χ4v) is 2.41. The van der Waals surface area contributed by atoms with Gasteiger partial charge in [-0.05, 0) is 19.8 Å². The molecule has 1 fully saturated rings. The summed E-state index contributed by atoms with van der Waals surface area (Å²) in [7, 11) is 0. The number of hydrogen-bond donors (Lipinski definition) is 2. The van der Waals surface area contributed by atoms with E-state index in [-0.39, 0.29) is 0 Å². The molecule has 0 saturated heterocycles. The summed E-state index contributed by atoms with van der Waals surface area (Å²) in [4.78, 5) is 4.37. The van der Waals surface area contributed by atoms with Gasteiger partial charge in [0.2, 0.25) is 0 Å². The summed E-state index contributed by atoms with van der Waals surface area (Å²) in [6.07, 6.45) is 9.22. The van der Waals surface area contributed by atoms with E-state index in [1.807, 2.05) is 10.9 Å². The van der Waals surface area contributed by atoms with Crippen molar-refractivity contribution in [1.82, 2.24) is 14.9 Å². The van der Waals surface area contributed by atoms with E-state index in [1.165, 1.54) is 25.7 Å². The topological polar surface area (TPSA) is 55.9 Å². The molecule has 1 aromatic heterocycles. The fourth-order valence-electron chi connectivity index (χ4n) is 2.41. The maximum atomic E-state index is 5.50. The van der Waals surface area contributed by atoms with Gasteiger partial charge in [0.15, 0.2) is 0 Å². The second-order valence-electron chi connectivity index (χ2n) is 5.01. The SMILES string of the molecule is CC1(NCc2cn(CCN)cn2)CCCC1. The monoisotopic (exact) mass is 222 g/mol. The Balaban J connectivity index is 1.84. The minimum absolute atomic E-state index is 0.331. The van der Waals surface area contributed by atoms with Crippen molar-refractivity contribution in [2.24, 2.45) is 5.73 Å². The smallest absolute Gasteiger partial charge is 0.0950 e. The third kappa shape index (κ3) is 2.83.